The molecular weight excluding hydrogens is 435 g/mol. The van der Waals surface area contributed by atoms with Crippen LogP contribution >= 0.6 is 23.1 Å². The van der Waals surface area contributed by atoms with Crippen molar-refractivity contribution in [2.75, 3.05) is 6.26 Å². The fourth-order valence-electron chi connectivity index (χ4n) is 4.45. The molecule has 12 heteroatoms. The minimum absolute atomic E-state index is 0.195. The SMILES string of the molecule is CSc1c(C2=C(C(=O)[O-])N3C(=O)[C@H]([C@@H](C)O)[C@H]3[C@H]2C)sc2c(F)n(CC(N)=O)c[n+]12. The van der Waals surface area contributed by atoms with Crippen LogP contribution in [0.15, 0.2) is 17.1 Å². The third kappa shape index (κ3) is 2.70. The van der Waals surface area contributed by atoms with Crippen molar-refractivity contribution in [3.8, 4) is 0 Å². The summed E-state index contributed by atoms with van der Waals surface area (Å²) in [6, 6.07) is -0.499. The van der Waals surface area contributed by atoms with Gasteiger partial charge in [0.15, 0.2) is 11.6 Å². The maximum Gasteiger partial charge on any atom is 0.336 e. The normalized spacial score (nSPS) is 24.4. The molecule has 4 rings (SSSR count). The topological polar surface area (TPSA) is 133 Å². The van der Waals surface area contributed by atoms with Crippen LogP contribution in [-0.4, -0.2) is 50.8 Å². The van der Waals surface area contributed by atoms with Gasteiger partial charge in [0.05, 0.1) is 34.6 Å². The summed E-state index contributed by atoms with van der Waals surface area (Å²) in [6.07, 6.45) is 2.24. The Balaban J connectivity index is 1.90. The summed E-state index contributed by atoms with van der Waals surface area (Å²) in [4.78, 5) is 37.6. The maximum atomic E-state index is 14.8. The third-order valence-electron chi connectivity index (χ3n) is 5.64. The van der Waals surface area contributed by atoms with E-state index in [4.69, 9.17) is 5.73 Å². The van der Waals surface area contributed by atoms with Crippen molar-refractivity contribution in [1.29, 1.82) is 0 Å². The van der Waals surface area contributed by atoms with E-state index in [1.165, 1.54) is 29.9 Å². The number of hydrogen-bond donors (Lipinski definition) is 2. The second-order valence-corrected chi connectivity index (χ2v) is 9.21. The van der Waals surface area contributed by atoms with Crippen molar-refractivity contribution < 1.29 is 33.4 Å². The molecule has 4 atom stereocenters. The van der Waals surface area contributed by atoms with E-state index in [2.05, 4.69) is 0 Å². The molecule has 0 aromatic carbocycles. The number of nitrogens with zero attached hydrogens (tertiary/aromatic N) is 3. The van der Waals surface area contributed by atoms with Crippen molar-refractivity contribution in [1.82, 2.24) is 9.47 Å². The fourth-order valence-corrected chi connectivity index (χ4v) is 6.72. The van der Waals surface area contributed by atoms with Gasteiger partial charge in [0.2, 0.25) is 5.91 Å². The zero-order valence-electron chi connectivity index (χ0n) is 16.3. The van der Waals surface area contributed by atoms with Crippen LogP contribution in [0.1, 0.15) is 18.7 Å². The number of thiazole rings is 1. The highest BCUT2D eigenvalue weighted by Crippen LogP contribution is 2.52. The average molecular weight is 455 g/mol. The molecule has 2 amide bonds. The standard InChI is InChI=1S/C18H19FN4O5S2/c1-6-9(12(18(27)28)23-11(6)10(7(2)24)15(23)26)13-16(29-3)22-5-21(4-8(20)25)14(19)17(22)30-13/h5-7,10-11,24H,4H2,1-3H3,(H2-,20,25,27,28)/t6-,7+,10+,11+/m0/s1. The number of halogens is 1. The first-order valence-corrected chi connectivity index (χ1v) is 11.2. The highest BCUT2D eigenvalue weighted by Gasteiger charge is 2.59. The second-order valence-electron chi connectivity index (χ2n) is 7.42. The van der Waals surface area contributed by atoms with Crippen LogP contribution in [0.3, 0.4) is 0 Å². The van der Waals surface area contributed by atoms with E-state index < -0.39 is 47.7 Å². The number of amides is 2. The molecule has 0 radical (unpaired) electrons. The number of fused-ring (bicyclic) bond motifs is 2. The predicted molar refractivity (Wildman–Crippen MR) is 103 cm³/mol. The van der Waals surface area contributed by atoms with Crippen LogP contribution in [0.4, 0.5) is 4.39 Å². The molecule has 0 unspecified atom stereocenters. The summed E-state index contributed by atoms with van der Waals surface area (Å²) in [5.41, 5.74) is 5.31. The smallest absolute Gasteiger partial charge is 0.336 e. The Morgan fingerprint density at radius 2 is 2.17 bits per heavy atom. The molecule has 2 aliphatic rings. The minimum atomic E-state index is -1.49. The Morgan fingerprint density at radius 1 is 1.50 bits per heavy atom. The van der Waals surface area contributed by atoms with E-state index in [0.717, 1.165) is 15.9 Å². The van der Waals surface area contributed by atoms with Crippen molar-refractivity contribution in [3.63, 3.8) is 0 Å². The van der Waals surface area contributed by atoms with Gasteiger partial charge < -0.3 is 25.6 Å². The Morgan fingerprint density at radius 3 is 2.70 bits per heavy atom. The molecule has 30 heavy (non-hydrogen) atoms. The lowest BCUT2D eigenvalue weighted by Crippen LogP contribution is -2.64. The van der Waals surface area contributed by atoms with Gasteiger partial charge in [0.25, 0.3) is 17.1 Å². The zero-order valence-corrected chi connectivity index (χ0v) is 17.9. The molecule has 4 heterocycles. The number of β-lactam (4-membered cyclic amide) rings is 1. The van der Waals surface area contributed by atoms with Gasteiger partial charge in [-0.15, -0.1) is 0 Å². The van der Waals surface area contributed by atoms with Crippen molar-refractivity contribution in [2.45, 2.75) is 37.6 Å². The first-order valence-electron chi connectivity index (χ1n) is 9.12. The molecule has 0 aliphatic carbocycles. The van der Waals surface area contributed by atoms with Crippen LogP contribution in [-0.2, 0) is 20.9 Å². The molecule has 1 fully saturated rings. The van der Waals surface area contributed by atoms with E-state index >= 15 is 0 Å². The van der Waals surface area contributed by atoms with Crippen LogP contribution in [0.5, 0.6) is 0 Å². The van der Waals surface area contributed by atoms with Gasteiger partial charge in [0.1, 0.15) is 0 Å². The van der Waals surface area contributed by atoms with Gasteiger partial charge in [-0.3, -0.25) is 9.59 Å². The lowest BCUT2D eigenvalue weighted by atomic mass is 9.77. The van der Waals surface area contributed by atoms with Crippen LogP contribution in [0.25, 0.3) is 10.4 Å². The number of rotatable bonds is 6. The molecule has 2 aromatic heterocycles. The molecule has 3 N–H and O–H groups in total. The Labute approximate surface area is 178 Å². The summed E-state index contributed by atoms with van der Waals surface area (Å²) >= 11 is 2.32. The number of imidazole rings is 1. The number of nitrogens with two attached hydrogens (primary N) is 1. The number of carboxylic acids is 1. The van der Waals surface area contributed by atoms with E-state index in [1.54, 1.807) is 17.6 Å². The predicted octanol–water partition coefficient (Wildman–Crippen LogP) is -1.05. The summed E-state index contributed by atoms with van der Waals surface area (Å²) in [5.74, 6) is -4.42. The molecule has 2 aromatic rings. The summed E-state index contributed by atoms with van der Waals surface area (Å²) in [5, 5.41) is 22.5. The lowest BCUT2D eigenvalue weighted by molar-refractivity contribution is -0.551. The largest absolute Gasteiger partial charge is 0.543 e. The summed E-state index contributed by atoms with van der Waals surface area (Å²) in [7, 11) is 0. The number of carbonyl (C=O) groups excluding carboxylic acids is 3. The fraction of sp³-hybridized carbons (Fsp3) is 0.444. The monoisotopic (exact) mass is 454 g/mol. The highest BCUT2D eigenvalue weighted by atomic mass is 32.2. The molecule has 0 spiro atoms. The molecule has 160 valence electrons. The quantitative estimate of drug-likeness (QED) is 0.325. The maximum absolute atomic E-state index is 14.8. The third-order valence-corrected chi connectivity index (χ3v) is 7.74. The van der Waals surface area contributed by atoms with E-state index in [-0.39, 0.29) is 17.1 Å². The number of carboxylic acid groups (broad SMARTS) is 1. The van der Waals surface area contributed by atoms with Crippen LogP contribution in [0, 0.1) is 17.8 Å². The molecule has 0 bridgehead atoms. The highest BCUT2D eigenvalue weighted by molar-refractivity contribution is 7.98. The van der Waals surface area contributed by atoms with E-state index in [1.807, 2.05) is 0 Å². The van der Waals surface area contributed by atoms with Gasteiger partial charge in [0, 0.05) is 11.5 Å². The number of aliphatic carboxylic acids is 1. The number of aromatic nitrogens is 2. The Hall–Kier alpha value is -2.44. The first kappa shape index (κ1) is 20.8. The molecule has 2 aliphatic heterocycles. The number of thioether (sulfide) groups is 1. The van der Waals surface area contributed by atoms with Crippen LogP contribution in [0.2, 0.25) is 0 Å². The first-order chi connectivity index (χ1) is 14.1. The molecule has 1 saturated heterocycles. The number of hydrogen-bond acceptors (Lipinski definition) is 7. The van der Waals surface area contributed by atoms with Crippen molar-refractivity contribution in [2.24, 2.45) is 17.6 Å². The number of primary amides is 1. The van der Waals surface area contributed by atoms with Crippen LogP contribution < -0.4 is 15.2 Å². The van der Waals surface area contributed by atoms with Gasteiger partial charge in [-0.2, -0.15) is 13.4 Å². The number of carbonyl (C=O) groups is 3. The van der Waals surface area contributed by atoms with E-state index in [0.29, 0.717) is 15.5 Å². The molecule has 0 saturated carbocycles. The number of aliphatic hydroxyl groups is 1. The molecule has 9 nitrogen and oxygen atoms in total. The number of aliphatic hydroxyl groups excluding tert-OH is 1. The minimum Gasteiger partial charge on any atom is -0.543 e. The van der Waals surface area contributed by atoms with Gasteiger partial charge in [-0.25, -0.2) is 0 Å². The summed E-state index contributed by atoms with van der Waals surface area (Å²) in [6.45, 7) is 2.96. The lowest BCUT2D eigenvalue weighted by Gasteiger charge is -2.47. The molecular formula is C18H19FN4O5S2. The van der Waals surface area contributed by atoms with Crippen molar-refractivity contribution >= 4 is 51.3 Å². The zero-order chi connectivity index (χ0) is 22.1. The van der Waals surface area contributed by atoms with Gasteiger partial charge in [-0.1, -0.05) is 30.0 Å². The van der Waals surface area contributed by atoms with Gasteiger partial charge in [-0.05, 0) is 13.2 Å². The summed E-state index contributed by atoms with van der Waals surface area (Å²) < 4.78 is 17.5. The Kier molecular flexibility index (Phi) is 4.90. The Bertz CT molecular complexity index is 1140. The van der Waals surface area contributed by atoms with E-state index in [9.17, 15) is 29.0 Å². The van der Waals surface area contributed by atoms with Gasteiger partial charge >= 0.3 is 5.95 Å². The average Bonchev–Trinajstić information content (AvgIpc) is 3.22. The second kappa shape index (κ2) is 7.06. The van der Waals surface area contributed by atoms with Crippen molar-refractivity contribution in [3.05, 3.63) is 22.8 Å².